The lowest BCUT2D eigenvalue weighted by atomic mass is 10.1. The molecular weight excluding hydrogens is 284 g/mol. The number of hydrogen-bond donors (Lipinski definition) is 0. The first-order chi connectivity index (χ1) is 10.2. The molecule has 0 aliphatic carbocycles. The van der Waals surface area contributed by atoms with E-state index in [9.17, 15) is 4.79 Å². The van der Waals surface area contributed by atoms with E-state index in [1.807, 2.05) is 43.3 Å². The minimum atomic E-state index is 0.0792. The molecule has 4 rings (SSSR count). The zero-order valence-electron chi connectivity index (χ0n) is 11.6. The van der Waals surface area contributed by atoms with Crippen molar-refractivity contribution in [3.8, 4) is 5.75 Å². The number of fused-ring (bicyclic) bond motifs is 2. The molecule has 21 heavy (non-hydrogen) atoms. The smallest absolute Gasteiger partial charge is 0.196 e. The van der Waals surface area contributed by atoms with Gasteiger partial charge in [0.15, 0.2) is 5.43 Å². The molecule has 1 atom stereocenters. The summed E-state index contributed by atoms with van der Waals surface area (Å²) in [6.45, 7) is 3.34. The van der Waals surface area contributed by atoms with Crippen molar-refractivity contribution >= 4 is 31.5 Å². The van der Waals surface area contributed by atoms with Crippen molar-refractivity contribution in [1.29, 1.82) is 0 Å². The third kappa shape index (κ3) is 2.30. The van der Waals surface area contributed by atoms with Crippen LogP contribution in [0.3, 0.4) is 0 Å². The molecule has 2 aromatic carbocycles. The largest absolute Gasteiger partial charge is 0.491 e. The van der Waals surface area contributed by atoms with E-state index in [0.29, 0.717) is 6.61 Å². The molecule has 4 heteroatoms. The Morgan fingerprint density at radius 3 is 2.90 bits per heavy atom. The summed E-state index contributed by atoms with van der Waals surface area (Å²) in [5.41, 5.74) is 1.16. The second-order valence-corrected chi connectivity index (χ2v) is 6.36. The van der Waals surface area contributed by atoms with Crippen LogP contribution >= 0.6 is 11.3 Å². The Morgan fingerprint density at radius 1 is 1.29 bits per heavy atom. The number of aryl methyl sites for hydroxylation is 1. The van der Waals surface area contributed by atoms with Crippen LogP contribution in [0.2, 0.25) is 0 Å². The number of epoxide rings is 1. The van der Waals surface area contributed by atoms with Crippen molar-refractivity contribution in [1.82, 2.24) is 0 Å². The van der Waals surface area contributed by atoms with Crippen LogP contribution < -0.4 is 10.2 Å². The Labute approximate surface area is 125 Å². The predicted molar refractivity (Wildman–Crippen MR) is 85.6 cm³/mol. The minimum absolute atomic E-state index is 0.0792. The highest BCUT2D eigenvalue weighted by Crippen LogP contribution is 2.30. The zero-order chi connectivity index (χ0) is 14.4. The molecule has 0 bridgehead atoms. The fraction of sp³-hybridized carbons (Fsp3) is 0.235. The standard InChI is InChI=1S/C17H14O3S/c1-10-6-11(19-8-12-9-20-12)7-14-16(18)13-4-2-3-5-15(13)21-17(10)14/h2-7,12H,8-9H2,1H3. The second kappa shape index (κ2) is 4.83. The Balaban J connectivity index is 1.91. The van der Waals surface area contributed by atoms with Crippen LogP contribution in [-0.2, 0) is 4.74 Å². The van der Waals surface area contributed by atoms with Crippen LogP contribution in [0.1, 0.15) is 5.56 Å². The van der Waals surface area contributed by atoms with E-state index in [-0.39, 0.29) is 11.5 Å². The molecular formula is C17H14O3S. The fourth-order valence-electron chi connectivity index (χ4n) is 2.48. The lowest BCUT2D eigenvalue weighted by Gasteiger charge is -2.09. The lowest BCUT2D eigenvalue weighted by Crippen LogP contribution is -2.06. The van der Waals surface area contributed by atoms with Gasteiger partial charge in [0.2, 0.25) is 0 Å². The summed E-state index contributed by atoms with van der Waals surface area (Å²) in [5, 5.41) is 1.52. The first-order valence-corrected chi connectivity index (χ1v) is 7.74. The molecule has 0 radical (unpaired) electrons. The number of ether oxygens (including phenoxy) is 2. The Bertz CT molecular complexity index is 894. The van der Waals surface area contributed by atoms with Gasteiger partial charge in [-0.25, -0.2) is 0 Å². The van der Waals surface area contributed by atoms with Gasteiger partial charge in [0, 0.05) is 20.2 Å². The molecule has 0 N–H and O–H groups in total. The molecule has 0 saturated carbocycles. The zero-order valence-corrected chi connectivity index (χ0v) is 12.4. The summed E-state index contributed by atoms with van der Waals surface area (Å²) < 4.78 is 12.9. The van der Waals surface area contributed by atoms with E-state index in [1.54, 1.807) is 11.3 Å². The van der Waals surface area contributed by atoms with Gasteiger partial charge in [-0.15, -0.1) is 11.3 Å². The third-order valence-corrected chi connectivity index (χ3v) is 5.00. The molecule has 1 fully saturated rings. The molecule has 1 aliphatic heterocycles. The molecule has 1 saturated heterocycles. The van der Waals surface area contributed by atoms with Crippen LogP contribution in [0, 0.1) is 6.92 Å². The summed E-state index contributed by atoms with van der Waals surface area (Å²) in [7, 11) is 0. The molecule has 1 aromatic heterocycles. The van der Waals surface area contributed by atoms with Gasteiger partial charge >= 0.3 is 0 Å². The number of rotatable bonds is 3. The van der Waals surface area contributed by atoms with Crippen molar-refractivity contribution < 1.29 is 9.47 Å². The Morgan fingerprint density at radius 2 is 2.10 bits per heavy atom. The van der Waals surface area contributed by atoms with Crippen LogP contribution in [0.4, 0.5) is 0 Å². The van der Waals surface area contributed by atoms with Crippen molar-refractivity contribution in [3.05, 3.63) is 52.2 Å². The lowest BCUT2D eigenvalue weighted by molar-refractivity contribution is 0.263. The molecule has 106 valence electrons. The predicted octanol–water partition coefficient (Wildman–Crippen LogP) is 3.50. The van der Waals surface area contributed by atoms with Gasteiger partial charge < -0.3 is 9.47 Å². The van der Waals surface area contributed by atoms with Crippen LogP contribution in [0.5, 0.6) is 5.75 Å². The molecule has 1 unspecified atom stereocenters. The minimum Gasteiger partial charge on any atom is -0.491 e. The van der Waals surface area contributed by atoms with Crippen LogP contribution in [-0.4, -0.2) is 19.3 Å². The van der Waals surface area contributed by atoms with E-state index >= 15 is 0 Å². The highest BCUT2D eigenvalue weighted by Gasteiger charge is 2.23. The van der Waals surface area contributed by atoms with Crippen molar-refractivity contribution in [2.24, 2.45) is 0 Å². The number of hydrogen-bond acceptors (Lipinski definition) is 4. The number of benzene rings is 2. The van der Waals surface area contributed by atoms with E-state index < -0.39 is 0 Å². The Hall–Kier alpha value is -1.91. The first kappa shape index (κ1) is 12.8. The van der Waals surface area contributed by atoms with Gasteiger partial charge in [0.05, 0.1) is 6.61 Å². The summed E-state index contributed by atoms with van der Waals surface area (Å²) in [5.74, 6) is 0.745. The molecule has 3 nitrogen and oxygen atoms in total. The summed E-state index contributed by atoms with van der Waals surface area (Å²) in [6.07, 6.45) is 0.215. The highest BCUT2D eigenvalue weighted by molar-refractivity contribution is 7.24. The highest BCUT2D eigenvalue weighted by atomic mass is 32.1. The maximum atomic E-state index is 12.7. The molecule has 3 aromatic rings. The summed E-state index contributed by atoms with van der Waals surface area (Å²) in [4.78, 5) is 12.7. The average molecular weight is 298 g/mol. The van der Waals surface area contributed by atoms with Crippen LogP contribution in [0.25, 0.3) is 20.2 Å². The van der Waals surface area contributed by atoms with Gasteiger partial charge in [-0.05, 0) is 36.8 Å². The van der Waals surface area contributed by atoms with Crippen LogP contribution in [0.15, 0.2) is 41.2 Å². The van der Waals surface area contributed by atoms with Crippen molar-refractivity contribution in [3.63, 3.8) is 0 Å². The normalized spacial score (nSPS) is 17.3. The van der Waals surface area contributed by atoms with Gasteiger partial charge in [-0.2, -0.15) is 0 Å². The van der Waals surface area contributed by atoms with Crippen molar-refractivity contribution in [2.75, 3.05) is 13.2 Å². The van der Waals surface area contributed by atoms with Gasteiger partial charge in [0.1, 0.15) is 18.5 Å². The van der Waals surface area contributed by atoms with Gasteiger partial charge in [-0.3, -0.25) is 4.79 Å². The molecule has 0 spiro atoms. The second-order valence-electron chi connectivity index (χ2n) is 5.31. The van der Waals surface area contributed by atoms with E-state index in [1.165, 1.54) is 0 Å². The van der Waals surface area contributed by atoms with E-state index in [2.05, 4.69) is 0 Å². The summed E-state index contributed by atoms with van der Waals surface area (Å²) in [6, 6.07) is 11.6. The van der Waals surface area contributed by atoms with E-state index in [4.69, 9.17) is 9.47 Å². The third-order valence-electron chi connectivity index (χ3n) is 3.67. The molecule has 2 heterocycles. The first-order valence-electron chi connectivity index (χ1n) is 6.93. The maximum Gasteiger partial charge on any atom is 0.196 e. The SMILES string of the molecule is Cc1cc(OCC2CO2)cc2c(=O)c3ccccc3sc12. The Kier molecular flexibility index (Phi) is 2.94. The monoisotopic (exact) mass is 298 g/mol. The topological polar surface area (TPSA) is 38.8 Å². The van der Waals surface area contributed by atoms with Gasteiger partial charge in [0.25, 0.3) is 0 Å². The van der Waals surface area contributed by atoms with Crippen molar-refractivity contribution in [2.45, 2.75) is 13.0 Å². The molecule has 1 aliphatic rings. The molecule has 0 amide bonds. The maximum absolute atomic E-state index is 12.7. The fourth-order valence-corrected chi connectivity index (χ4v) is 3.60. The average Bonchev–Trinajstić information content (AvgIpc) is 3.31. The quantitative estimate of drug-likeness (QED) is 0.549. The summed E-state index contributed by atoms with van der Waals surface area (Å²) >= 11 is 1.66. The van der Waals surface area contributed by atoms with E-state index in [0.717, 1.165) is 38.1 Å². The van der Waals surface area contributed by atoms with Gasteiger partial charge in [-0.1, -0.05) is 12.1 Å².